The molecule has 1 N–H and O–H groups in total. The van der Waals surface area contributed by atoms with Crippen LogP contribution < -0.4 is 4.90 Å². The molecule has 5 nitrogen and oxygen atoms in total. The van der Waals surface area contributed by atoms with Crippen molar-refractivity contribution < 1.29 is 18.3 Å². The Hall–Kier alpha value is -1.27. The van der Waals surface area contributed by atoms with Gasteiger partial charge in [0.15, 0.2) is 9.84 Å². The van der Waals surface area contributed by atoms with E-state index in [1.54, 1.807) is 18.0 Å². The van der Waals surface area contributed by atoms with Crippen molar-refractivity contribution in [2.24, 2.45) is 0 Å². The Morgan fingerprint density at radius 1 is 1.47 bits per heavy atom. The van der Waals surface area contributed by atoms with Crippen LogP contribution in [0.1, 0.15) is 16.8 Å². The molecule has 0 spiro atoms. The van der Waals surface area contributed by atoms with Gasteiger partial charge in [-0.25, -0.2) is 13.2 Å². The number of hydrogen-bond donors (Lipinski definition) is 1. The van der Waals surface area contributed by atoms with Crippen molar-refractivity contribution in [3.8, 4) is 0 Å². The van der Waals surface area contributed by atoms with E-state index in [-0.39, 0.29) is 23.1 Å². The van der Waals surface area contributed by atoms with Crippen molar-refractivity contribution in [2.75, 3.05) is 23.5 Å². The summed E-state index contributed by atoms with van der Waals surface area (Å²) in [7, 11) is -1.32. The maximum absolute atomic E-state index is 11.5. The zero-order chi connectivity index (χ0) is 14.2. The Kier molecular flexibility index (Phi) is 3.73. The Balaban J connectivity index is 2.36. The normalized spacial score (nSPS) is 21.3. The number of carboxylic acids is 1. The Morgan fingerprint density at radius 3 is 2.68 bits per heavy atom. The first-order valence-corrected chi connectivity index (χ1v) is 7.96. The first kappa shape index (κ1) is 14.1. The van der Waals surface area contributed by atoms with E-state index in [2.05, 4.69) is 0 Å². The van der Waals surface area contributed by atoms with E-state index in [0.717, 1.165) is 0 Å². The van der Waals surface area contributed by atoms with Crippen molar-refractivity contribution >= 4 is 33.1 Å². The number of halogens is 1. The highest BCUT2D eigenvalue weighted by atomic mass is 35.5. The van der Waals surface area contributed by atoms with Crippen LogP contribution in [0.15, 0.2) is 18.2 Å². The molecule has 0 radical (unpaired) electrons. The maximum atomic E-state index is 11.5. The van der Waals surface area contributed by atoms with Gasteiger partial charge in [0.05, 0.1) is 22.8 Å². The minimum absolute atomic E-state index is 0.0507. The van der Waals surface area contributed by atoms with Crippen LogP contribution in [-0.2, 0) is 9.84 Å². The van der Waals surface area contributed by atoms with Gasteiger partial charge in [0.2, 0.25) is 0 Å². The van der Waals surface area contributed by atoms with E-state index in [4.69, 9.17) is 16.7 Å². The van der Waals surface area contributed by atoms with Gasteiger partial charge in [-0.1, -0.05) is 11.6 Å². The fourth-order valence-electron chi connectivity index (χ4n) is 2.25. The molecule has 1 aliphatic heterocycles. The van der Waals surface area contributed by atoms with E-state index in [9.17, 15) is 13.2 Å². The molecule has 1 aliphatic rings. The lowest BCUT2D eigenvalue weighted by Gasteiger charge is -2.27. The average molecular weight is 304 g/mol. The molecule has 0 amide bonds. The molecule has 0 bridgehead atoms. The summed E-state index contributed by atoms with van der Waals surface area (Å²) in [6.45, 7) is 0. The van der Waals surface area contributed by atoms with Crippen molar-refractivity contribution in [3.63, 3.8) is 0 Å². The van der Waals surface area contributed by atoms with Gasteiger partial charge in [0.25, 0.3) is 0 Å². The number of hydrogen-bond acceptors (Lipinski definition) is 4. The molecule has 1 atom stereocenters. The van der Waals surface area contributed by atoms with E-state index in [1.165, 1.54) is 12.1 Å². The number of nitrogens with zero attached hydrogens (tertiary/aromatic N) is 1. The number of anilines is 1. The first-order chi connectivity index (χ1) is 8.80. The topological polar surface area (TPSA) is 74.7 Å². The van der Waals surface area contributed by atoms with Crippen LogP contribution in [0.5, 0.6) is 0 Å². The largest absolute Gasteiger partial charge is 0.478 e. The Labute approximate surface area is 116 Å². The second kappa shape index (κ2) is 5.02. The van der Waals surface area contributed by atoms with Crippen LogP contribution >= 0.6 is 11.6 Å². The minimum Gasteiger partial charge on any atom is -0.478 e. The number of carbonyl (C=O) groups is 1. The summed E-state index contributed by atoms with van der Waals surface area (Å²) in [6, 6.07) is 4.28. The number of rotatable bonds is 3. The van der Waals surface area contributed by atoms with Crippen molar-refractivity contribution in [1.82, 2.24) is 0 Å². The molecule has 0 saturated carbocycles. The van der Waals surface area contributed by atoms with Crippen LogP contribution in [0.25, 0.3) is 0 Å². The van der Waals surface area contributed by atoms with Gasteiger partial charge < -0.3 is 10.0 Å². The van der Waals surface area contributed by atoms with Gasteiger partial charge in [0.1, 0.15) is 0 Å². The van der Waals surface area contributed by atoms with Crippen LogP contribution in [0.3, 0.4) is 0 Å². The third-order valence-corrected chi connectivity index (χ3v) is 5.31. The summed E-state index contributed by atoms with van der Waals surface area (Å²) in [4.78, 5) is 12.9. The van der Waals surface area contributed by atoms with Crippen molar-refractivity contribution in [2.45, 2.75) is 12.5 Å². The lowest BCUT2D eigenvalue weighted by Crippen LogP contribution is -2.33. The summed E-state index contributed by atoms with van der Waals surface area (Å²) in [5.74, 6) is -0.862. The second-order valence-electron chi connectivity index (χ2n) is 4.63. The molecule has 2 rings (SSSR count). The molecule has 1 fully saturated rings. The molecule has 7 heteroatoms. The van der Waals surface area contributed by atoms with E-state index in [0.29, 0.717) is 17.1 Å². The minimum atomic E-state index is -3.01. The van der Waals surface area contributed by atoms with Crippen LogP contribution in [0, 0.1) is 0 Å². The van der Waals surface area contributed by atoms with Gasteiger partial charge in [-0.2, -0.15) is 0 Å². The SMILES string of the molecule is CN(c1cc(Cl)ccc1C(=O)O)C1CCS(=O)(=O)C1. The molecule has 19 heavy (non-hydrogen) atoms. The summed E-state index contributed by atoms with van der Waals surface area (Å²) < 4.78 is 23.0. The summed E-state index contributed by atoms with van der Waals surface area (Å²) in [6.07, 6.45) is 0.504. The van der Waals surface area contributed by atoms with Crippen molar-refractivity contribution in [1.29, 1.82) is 0 Å². The standard InChI is InChI=1S/C12H14ClNO4S/c1-14(9-4-5-19(17,18)7-9)11-6-8(13)2-3-10(11)12(15)16/h2-3,6,9H,4-5,7H2,1H3,(H,15,16). The Morgan fingerprint density at radius 2 is 2.16 bits per heavy atom. The summed E-state index contributed by atoms with van der Waals surface area (Å²) >= 11 is 5.89. The van der Waals surface area contributed by atoms with Crippen LogP contribution in [-0.4, -0.2) is 44.1 Å². The maximum Gasteiger partial charge on any atom is 0.337 e. The number of carboxylic acid groups (broad SMARTS) is 1. The zero-order valence-corrected chi connectivity index (χ0v) is 11.9. The zero-order valence-electron chi connectivity index (χ0n) is 10.3. The predicted octanol–water partition coefficient (Wildman–Crippen LogP) is 1.66. The molecule has 0 aliphatic carbocycles. The monoisotopic (exact) mass is 303 g/mol. The summed E-state index contributed by atoms with van der Waals surface area (Å²) in [5.41, 5.74) is 0.568. The number of sulfone groups is 1. The predicted molar refractivity (Wildman–Crippen MR) is 73.9 cm³/mol. The van der Waals surface area contributed by atoms with Gasteiger partial charge in [-0.3, -0.25) is 0 Å². The third-order valence-electron chi connectivity index (χ3n) is 3.33. The van der Waals surface area contributed by atoms with Gasteiger partial charge >= 0.3 is 5.97 Å². The van der Waals surface area contributed by atoms with E-state index in [1.807, 2.05) is 0 Å². The molecule has 1 saturated heterocycles. The van der Waals surface area contributed by atoms with Gasteiger partial charge in [0, 0.05) is 18.1 Å². The number of aromatic carboxylic acids is 1. The molecule has 1 aromatic rings. The highest BCUT2D eigenvalue weighted by Crippen LogP contribution is 2.28. The molecule has 1 aromatic carbocycles. The third kappa shape index (κ3) is 3.01. The molecular formula is C12H14ClNO4S. The lowest BCUT2D eigenvalue weighted by molar-refractivity contribution is 0.0697. The molecule has 1 unspecified atom stereocenters. The second-order valence-corrected chi connectivity index (χ2v) is 7.30. The Bertz CT molecular complexity index is 614. The van der Waals surface area contributed by atoms with Crippen LogP contribution in [0.4, 0.5) is 5.69 Å². The smallest absolute Gasteiger partial charge is 0.337 e. The summed E-state index contributed by atoms with van der Waals surface area (Å²) in [5, 5.41) is 9.59. The fraction of sp³-hybridized carbons (Fsp3) is 0.417. The first-order valence-electron chi connectivity index (χ1n) is 5.76. The van der Waals surface area contributed by atoms with Crippen molar-refractivity contribution in [3.05, 3.63) is 28.8 Å². The average Bonchev–Trinajstić information content (AvgIpc) is 2.68. The molecule has 1 heterocycles. The number of benzene rings is 1. The lowest BCUT2D eigenvalue weighted by atomic mass is 10.1. The quantitative estimate of drug-likeness (QED) is 0.919. The molecule has 0 aromatic heterocycles. The van der Waals surface area contributed by atoms with Gasteiger partial charge in [-0.05, 0) is 24.6 Å². The fourth-order valence-corrected chi connectivity index (χ4v) is 4.20. The van der Waals surface area contributed by atoms with E-state index >= 15 is 0 Å². The van der Waals surface area contributed by atoms with Gasteiger partial charge in [-0.15, -0.1) is 0 Å². The molecule has 104 valence electrons. The highest BCUT2D eigenvalue weighted by Gasteiger charge is 2.32. The highest BCUT2D eigenvalue weighted by molar-refractivity contribution is 7.91. The molecular weight excluding hydrogens is 290 g/mol. The van der Waals surface area contributed by atoms with E-state index < -0.39 is 15.8 Å². The van der Waals surface area contributed by atoms with Crippen LogP contribution in [0.2, 0.25) is 5.02 Å².